The first-order valence-electron chi connectivity index (χ1n) is 8.06. The lowest BCUT2D eigenvalue weighted by atomic mass is 9.90. The van der Waals surface area contributed by atoms with Gasteiger partial charge >= 0.3 is 0 Å². The first-order chi connectivity index (χ1) is 9.79. The van der Waals surface area contributed by atoms with Gasteiger partial charge < -0.3 is 15.0 Å². The molecule has 0 aromatic heterocycles. The topological polar surface area (TPSA) is 58.6 Å². The molecule has 1 atom stereocenters. The molecule has 5 nitrogen and oxygen atoms in total. The van der Waals surface area contributed by atoms with Gasteiger partial charge in [-0.15, -0.1) is 0 Å². The van der Waals surface area contributed by atoms with Crippen molar-refractivity contribution in [3.63, 3.8) is 0 Å². The standard InChI is InChI=1S/C16H28N2O3/c1-5-12-13(19)17-16(8-6-7-9-16)14(20)18(12)10-11-21-15(2,3)4/h12H,5-11H2,1-4H3,(H,17,19). The minimum atomic E-state index is -0.634. The smallest absolute Gasteiger partial charge is 0.249 e. The number of nitrogens with one attached hydrogen (secondary N) is 1. The summed E-state index contributed by atoms with van der Waals surface area (Å²) in [6, 6.07) is -0.354. The van der Waals surface area contributed by atoms with E-state index in [2.05, 4.69) is 5.32 Å². The summed E-state index contributed by atoms with van der Waals surface area (Å²) in [6.07, 6.45) is 4.20. The summed E-state index contributed by atoms with van der Waals surface area (Å²) in [5, 5.41) is 3.01. The second kappa shape index (κ2) is 5.95. The van der Waals surface area contributed by atoms with E-state index in [9.17, 15) is 9.59 Å². The van der Waals surface area contributed by atoms with Crippen molar-refractivity contribution in [1.82, 2.24) is 10.2 Å². The molecule has 120 valence electrons. The Balaban J connectivity index is 2.10. The fourth-order valence-corrected chi connectivity index (χ4v) is 3.36. The number of carbonyl (C=O) groups is 2. The third-order valence-electron chi connectivity index (χ3n) is 4.42. The van der Waals surface area contributed by atoms with Crippen LogP contribution >= 0.6 is 0 Å². The molecule has 1 N–H and O–H groups in total. The van der Waals surface area contributed by atoms with Crippen molar-refractivity contribution in [1.29, 1.82) is 0 Å². The lowest BCUT2D eigenvalue weighted by Gasteiger charge is -2.44. The molecule has 0 aromatic carbocycles. The van der Waals surface area contributed by atoms with E-state index in [1.54, 1.807) is 4.90 Å². The number of nitrogens with zero attached hydrogens (tertiary/aromatic N) is 1. The lowest BCUT2D eigenvalue weighted by Crippen LogP contribution is -2.69. The average molecular weight is 296 g/mol. The third kappa shape index (κ3) is 3.39. The van der Waals surface area contributed by atoms with Crippen LogP contribution in [0.2, 0.25) is 0 Å². The summed E-state index contributed by atoms with van der Waals surface area (Å²) in [5.41, 5.74) is -0.863. The number of carbonyl (C=O) groups excluding carboxylic acids is 2. The minimum Gasteiger partial charge on any atom is -0.374 e. The molecule has 1 aliphatic carbocycles. The Hall–Kier alpha value is -1.10. The van der Waals surface area contributed by atoms with E-state index in [4.69, 9.17) is 4.74 Å². The molecule has 0 aromatic rings. The van der Waals surface area contributed by atoms with Crippen molar-refractivity contribution in [2.24, 2.45) is 0 Å². The molecule has 1 heterocycles. The molecule has 21 heavy (non-hydrogen) atoms. The Labute approximate surface area is 127 Å². The summed E-state index contributed by atoms with van der Waals surface area (Å²) < 4.78 is 5.73. The zero-order valence-electron chi connectivity index (χ0n) is 13.7. The molecule has 0 bridgehead atoms. The van der Waals surface area contributed by atoms with Gasteiger partial charge in [-0.2, -0.15) is 0 Å². The van der Waals surface area contributed by atoms with E-state index in [0.717, 1.165) is 25.7 Å². The summed E-state index contributed by atoms with van der Waals surface area (Å²) in [4.78, 5) is 27.0. The van der Waals surface area contributed by atoms with Crippen molar-refractivity contribution >= 4 is 11.8 Å². The highest BCUT2D eigenvalue weighted by Crippen LogP contribution is 2.35. The van der Waals surface area contributed by atoms with Gasteiger partial charge in [-0.25, -0.2) is 0 Å². The van der Waals surface area contributed by atoms with E-state index in [-0.39, 0.29) is 23.5 Å². The Morgan fingerprint density at radius 2 is 1.90 bits per heavy atom. The molecule has 1 saturated carbocycles. The predicted molar refractivity (Wildman–Crippen MR) is 80.8 cm³/mol. The van der Waals surface area contributed by atoms with Gasteiger partial charge in [-0.3, -0.25) is 9.59 Å². The normalized spacial score (nSPS) is 25.5. The number of hydrogen-bond donors (Lipinski definition) is 1. The molecule has 2 rings (SSSR count). The Kier molecular flexibility index (Phi) is 4.61. The van der Waals surface area contributed by atoms with Crippen LogP contribution in [-0.4, -0.2) is 47.0 Å². The van der Waals surface area contributed by atoms with Crippen LogP contribution in [0.3, 0.4) is 0 Å². The van der Waals surface area contributed by atoms with E-state index in [1.807, 2.05) is 27.7 Å². The van der Waals surface area contributed by atoms with Crippen LogP contribution in [0.25, 0.3) is 0 Å². The number of rotatable bonds is 4. The average Bonchev–Trinajstić information content (AvgIpc) is 2.83. The molecular weight excluding hydrogens is 268 g/mol. The summed E-state index contributed by atoms with van der Waals surface area (Å²) >= 11 is 0. The number of amides is 2. The van der Waals surface area contributed by atoms with Crippen molar-refractivity contribution in [2.45, 2.75) is 77.0 Å². The first kappa shape index (κ1) is 16.3. The number of ether oxygens (including phenoxy) is 1. The fraction of sp³-hybridized carbons (Fsp3) is 0.875. The summed E-state index contributed by atoms with van der Waals surface area (Å²) in [5.74, 6) is 0.0821. The largest absolute Gasteiger partial charge is 0.374 e. The van der Waals surface area contributed by atoms with Crippen LogP contribution in [0.4, 0.5) is 0 Å². The molecule has 0 radical (unpaired) electrons. The van der Waals surface area contributed by atoms with E-state index in [0.29, 0.717) is 19.6 Å². The number of piperazine rings is 1. The van der Waals surface area contributed by atoms with Gasteiger partial charge in [0.25, 0.3) is 0 Å². The van der Waals surface area contributed by atoms with E-state index in [1.165, 1.54) is 0 Å². The molecular formula is C16H28N2O3. The van der Waals surface area contributed by atoms with Crippen molar-refractivity contribution in [2.75, 3.05) is 13.2 Å². The maximum atomic E-state index is 12.9. The quantitative estimate of drug-likeness (QED) is 0.861. The first-order valence-corrected chi connectivity index (χ1v) is 8.06. The predicted octanol–water partition coefficient (Wildman–Crippen LogP) is 1.85. The number of hydrogen-bond acceptors (Lipinski definition) is 3. The van der Waals surface area contributed by atoms with Crippen LogP contribution in [0.15, 0.2) is 0 Å². The molecule has 1 saturated heterocycles. The van der Waals surface area contributed by atoms with Crippen LogP contribution in [-0.2, 0) is 14.3 Å². The van der Waals surface area contributed by atoms with Crippen LogP contribution in [0, 0.1) is 0 Å². The molecule has 2 aliphatic rings. The molecule has 2 fully saturated rings. The lowest BCUT2D eigenvalue weighted by molar-refractivity contribution is -0.156. The van der Waals surface area contributed by atoms with Crippen molar-refractivity contribution in [3.05, 3.63) is 0 Å². The molecule has 1 spiro atoms. The Bertz CT molecular complexity index is 408. The van der Waals surface area contributed by atoms with Gasteiger partial charge in [0.05, 0.1) is 12.2 Å². The summed E-state index contributed by atoms with van der Waals surface area (Å²) in [7, 11) is 0. The summed E-state index contributed by atoms with van der Waals surface area (Å²) in [6.45, 7) is 8.88. The zero-order valence-corrected chi connectivity index (χ0v) is 13.7. The van der Waals surface area contributed by atoms with Gasteiger partial charge in [0.2, 0.25) is 11.8 Å². The van der Waals surface area contributed by atoms with Gasteiger partial charge in [0.15, 0.2) is 0 Å². The second-order valence-electron chi connectivity index (χ2n) is 7.16. The van der Waals surface area contributed by atoms with Crippen LogP contribution < -0.4 is 5.32 Å². The van der Waals surface area contributed by atoms with E-state index < -0.39 is 5.54 Å². The van der Waals surface area contributed by atoms with Gasteiger partial charge in [-0.05, 0) is 40.0 Å². The highest BCUT2D eigenvalue weighted by atomic mass is 16.5. The fourth-order valence-electron chi connectivity index (χ4n) is 3.36. The van der Waals surface area contributed by atoms with Gasteiger partial charge in [0, 0.05) is 6.54 Å². The SMILES string of the molecule is CCC1C(=O)NC2(CCCC2)C(=O)N1CCOC(C)(C)C. The molecule has 2 amide bonds. The highest BCUT2D eigenvalue weighted by Gasteiger charge is 2.51. The van der Waals surface area contributed by atoms with Gasteiger partial charge in [0.1, 0.15) is 11.6 Å². The maximum absolute atomic E-state index is 12.9. The zero-order chi connectivity index (χ0) is 15.7. The van der Waals surface area contributed by atoms with Crippen molar-refractivity contribution < 1.29 is 14.3 Å². The second-order valence-corrected chi connectivity index (χ2v) is 7.16. The Morgan fingerprint density at radius 1 is 1.29 bits per heavy atom. The third-order valence-corrected chi connectivity index (χ3v) is 4.42. The van der Waals surface area contributed by atoms with Crippen LogP contribution in [0.5, 0.6) is 0 Å². The minimum absolute atomic E-state index is 0.00485. The highest BCUT2D eigenvalue weighted by molar-refractivity contribution is 6.00. The van der Waals surface area contributed by atoms with Crippen LogP contribution in [0.1, 0.15) is 59.8 Å². The maximum Gasteiger partial charge on any atom is 0.249 e. The van der Waals surface area contributed by atoms with E-state index >= 15 is 0 Å². The molecule has 5 heteroatoms. The monoisotopic (exact) mass is 296 g/mol. The molecule has 1 aliphatic heterocycles. The Morgan fingerprint density at radius 3 is 2.43 bits per heavy atom. The van der Waals surface area contributed by atoms with Gasteiger partial charge in [-0.1, -0.05) is 19.8 Å². The van der Waals surface area contributed by atoms with Crippen molar-refractivity contribution in [3.8, 4) is 0 Å². The molecule has 1 unspecified atom stereocenters.